The summed E-state index contributed by atoms with van der Waals surface area (Å²) in [4.78, 5) is 2.46. The van der Waals surface area contributed by atoms with Crippen molar-refractivity contribution in [3.05, 3.63) is 29.6 Å². The highest BCUT2D eigenvalue weighted by Crippen LogP contribution is 2.34. The quantitative estimate of drug-likeness (QED) is 0.708. The predicted molar refractivity (Wildman–Crippen MR) is 85.2 cm³/mol. The van der Waals surface area contributed by atoms with E-state index in [4.69, 9.17) is 4.74 Å². The number of anilines is 1. The molecule has 0 saturated heterocycles. The van der Waals surface area contributed by atoms with Crippen molar-refractivity contribution in [2.24, 2.45) is 5.92 Å². The molecule has 1 saturated carbocycles. The first-order valence-corrected chi connectivity index (χ1v) is 7.86. The van der Waals surface area contributed by atoms with Gasteiger partial charge >= 0.3 is 0 Å². The van der Waals surface area contributed by atoms with Gasteiger partial charge in [-0.1, -0.05) is 13.8 Å². The molecule has 1 fully saturated rings. The van der Waals surface area contributed by atoms with Crippen LogP contribution >= 0.6 is 0 Å². The lowest BCUT2D eigenvalue weighted by molar-refractivity contribution is 0.199. The maximum atomic E-state index is 13.6. The molecule has 0 spiro atoms. The fraction of sp³-hybridized carbons (Fsp3) is 0.647. The summed E-state index contributed by atoms with van der Waals surface area (Å²) in [6, 6.07) is 5.80. The number of methoxy groups -OCH3 is 1. The molecule has 4 heteroatoms. The highest BCUT2D eigenvalue weighted by molar-refractivity contribution is 5.55. The van der Waals surface area contributed by atoms with Gasteiger partial charge in [-0.05, 0) is 42.5 Å². The van der Waals surface area contributed by atoms with Gasteiger partial charge in [0, 0.05) is 38.5 Å². The molecule has 0 unspecified atom stereocenters. The third kappa shape index (κ3) is 4.97. The Balaban J connectivity index is 2.12. The number of hydrogen-bond acceptors (Lipinski definition) is 3. The van der Waals surface area contributed by atoms with Gasteiger partial charge < -0.3 is 15.0 Å². The van der Waals surface area contributed by atoms with E-state index >= 15 is 0 Å². The van der Waals surface area contributed by atoms with E-state index in [0.717, 1.165) is 18.7 Å². The number of ether oxygens (including phenoxy) is 1. The van der Waals surface area contributed by atoms with Crippen LogP contribution in [0.4, 0.5) is 10.1 Å². The number of nitrogens with zero attached hydrogens (tertiary/aromatic N) is 1. The van der Waals surface area contributed by atoms with E-state index in [1.807, 2.05) is 6.07 Å². The van der Waals surface area contributed by atoms with Crippen molar-refractivity contribution < 1.29 is 9.13 Å². The molecule has 2 rings (SSSR count). The number of halogens is 1. The second kappa shape index (κ2) is 7.76. The summed E-state index contributed by atoms with van der Waals surface area (Å²) in [5, 5.41) is 3.32. The van der Waals surface area contributed by atoms with E-state index in [0.29, 0.717) is 25.1 Å². The molecule has 21 heavy (non-hydrogen) atoms. The van der Waals surface area contributed by atoms with Gasteiger partial charge in [-0.3, -0.25) is 0 Å². The van der Waals surface area contributed by atoms with E-state index in [1.165, 1.54) is 18.5 Å². The first-order valence-electron chi connectivity index (χ1n) is 7.86. The fourth-order valence-electron chi connectivity index (χ4n) is 2.60. The zero-order chi connectivity index (χ0) is 15.2. The van der Waals surface area contributed by atoms with Crippen molar-refractivity contribution in [2.75, 3.05) is 31.7 Å². The van der Waals surface area contributed by atoms with Crippen molar-refractivity contribution in [1.82, 2.24) is 5.32 Å². The second-order valence-electron chi connectivity index (χ2n) is 6.22. The van der Waals surface area contributed by atoms with Crippen LogP contribution in [0.5, 0.6) is 0 Å². The van der Waals surface area contributed by atoms with Crippen LogP contribution in [0.15, 0.2) is 18.2 Å². The van der Waals surface area contributed by atoms with Gasteiger partial charge in [-0.15, -0.1) is 0 Å². The molecule has 3 nitrogen and oxygen atoms in total. The maximum absolute atomic E-state index is 13.6. The number of nitrogens with one attached hydrogen (secondary N) is 1. The Morgan fingerprint density at radius 1 is 1.38 bits per heavy atom. The first kappa shape index (κ1) is 16.2. The van der Waals surface area contributed by atoms with Crippen molar-refractivity contribution in [1.29, 1.82) is 0 Å². The van der Waals surface area contributed by atoms with Gasteiger partial charge in [0.2, 0.25) is 0 Å². The molecule has 0 heterocycles. The van der Waals surface area contributed by atoms with Gasteiger partial charge in [-0.25, -0.2) is 4.39 Å². The molecule has 0 bridgehead atoms. The Morgan fingerprint density at radius 2 is 2.14 bits per heavy atom. The summed E-state index contributed by atoms with van der Waals surface area (Å²) in [6.45, 7) is 7.62. The molecule has 0 radical (unpaired) electrons. The maximum Gasteiger partial charge on any atom is 0.123 e. The lowest BCUT2D eigenvalue weighted by atomic mass is 10.1. The average Bonchev–Trinajstić information content (AvgIpc) is 3.26. The number of benzene rings is 1. The summed E-state index contributed by atoms with van der Waals surface area (Å²) in [5.41, 5.74) is 2.22. The van der Waals surface area contributed by atoms with Crippen molar-refractivity contribution in [3.8, 4) is 0 Å². The van der Waals surface area contributed by atoms with E-state index in [9.17, 15) is 4.39 Å². The highest BCUT2D eigenvalue weighted by atomic mass is 19.1. The lowest BCUT2D eigenvalue weighted by Crippen LogP contribution is -2.31. The Labute approximate surface area is 127 Å². The second-order valence-corrected chi connectivity index (χ2v) is 6.22. The van der Waals surface area contributed by atoms with Gasteiger partial charge in [0.15, 0.2) is 0 Å². The first-order chi connectivity index (χ1) is 10.1. The molecule has 118 valence electrons. The molecular formula is C17H27FN2O. The standard InChI is InChI=1S/C17H27FN2O/c1-13(2)12-20(16-5-6-16)17-7-4-15(18)10-14(17)11-19-8-9-21-3/h4,7,10,13,16,19H,5-6,8-9,11-12H2,1-3H3. The SMILES string of the molecule is COCCNCc1cc(F)ccc1N(CC(C)C)C1CC1. The van der Waals surface area contributed by atoms with Crippen molar-refractivity contribution in [2.45, 2.75) is 39.3 Å². The van der Waals surface area contributed by atoms with Gasteiger partial charge in [0.05, 0.1) is 6.61 Å². The van der Waals surface area contributed by atoms with E-state index in [2.05, 4.69) is 24.1 Å². The van der Waals surface area contributed by atoms with Gasteiger partial charge in [-0.2, -0.15) is 0 Å². The number of hydrogen-bond donors (Lipinski definition) is 1. The number of rotatable bonds is 9. The largest absolute Gasteiger partial charge is 0.383 e. The topological polar surface area (TPSA) is 24.5 Å². The Hall–Kier alpha value is -1.13. The molecular weight excluding hydrogens is 267 g/mol. The molecule has 0 atom stereocenters. The van der Waals surface area contributed by atoms with E-state index < -0.39 is 0 Å². The molecule has 1 aliphatic carbocycles. The summed E-state index contributed by atoms with van der Waals surface area (Å²) >= 11 is 0. The van der Waals surface area contributed by atoms with Gasteiger partial charge in [0.1, 0.15) is 5.82 Å². The third-order valence-corrected chi connectivity index (χ3v) is 3.70. The summed E-state index contributed by atoms with van der Waals surface area (Å²) in [7, 11) is 1.69. The lowest BCUT2D eigenvalue weighted by Gasteiger charge is -2.29. The van der Waals surface area contributed by atoms with Crippen LogP contribution in [0.25, 0.3) is 0 Å². The van der Waals surface area contributed by atoms with Gasteiger partial charge in [0.25, 0.3) is 0 Å². The Bertz CT molecular complexity index is 446. The predicted octanol–water partition coefficient (Wildman–Crippen LogP) is 3.19. The van der Waals surface area contributed by atoms with Crippen LogP contribution in [0.2, 0.25) is 0 Å². The fourth-order valence-corrected chi connectivity index (χ4v) is 2.60. The molecule has 1 aromatic carbocycles. The van der Waals surface area contributed by atoms with Crippen LogP contribution in [0.1, 0.15) is 32.3 Å². The van der Waals surface area contributed by atoms with E-state index in [1.54, 1.807) is 19.2 Å². The molecule has 1 aromatic rings. The summed E-state index contributed by atoms with van der Waals surface area (Å²) in [6.07, 6.45) is 2.50. The van der Waals surface area contributed by atoms with Crippen molar-refractivity contribution >= 4 is 5.69 Å². The molecule has 1 aliphatic rings. The monoisotopic (exact) mass is 294 g/mol. The van der Waals surface area contributed by atoms with Crippen LogP contribution in [-0.2, 0) is 11.3 Å². The zero-order valence-corrected chi connectivity index (χ0v) is 13.4. The smallest absolute Gasteiger partial charge is 0.123 e. The van der Waals surface area contributed by atoms with Crippen LogP contribution in [0, 0.1) is 11.7 Å². The summed E-state index contributed by atoms with van der Waals surface area (Å²) in [5.74, 6) is 0.438. The van der Waals surface area contributed by atoms with E-state index in [-0.39, 0.29) is 5.82 Å². The Kier molecular flexibility index (Phi) is 6.00. The molecule has 0 aliphatic heterocycles. The molecule has 1 N–H and O–H groups in total. The minimum Gasteiger partial charge on any atom is -0.383 e. The molecule has 0 aromatic heterocycles. The van der Waals surface area contributed by atoms with Crippen LogP contribution in [0.3, 0.4) is 0 Å². The van der Waals surface area contributed by atoms with Crippen LogP contribution in [-0.4, -0.2) is 32.8 Å². The Morgan fingerprint density at radius 3 is 2.76 bits per heavy atom. The van der Waals surface area contributed by atoms with Crippen LogP contribution < -0.4 is 10.2 Å². The normalized spacial score (nSPS) is 14.7. The minimum atomic E-state index is -0.164. The average molecular weight is 294 g/mol. The van der Waals surface area contributed by atoms with Crippen molar-refractivity contribution in [3.63, 3.8) is 0 Å². The zero-order valence-electron chi connectivity index (χ0n) is 13.4. The highest BCUT2D eigenvalue weighted by Gasteiger charge is 2.30. The minimum absolute atomic E-state index is 0.164. The third-order valence-electron chi connectivity index (χ3n) is 3.70. The summed E-state index contributed by atoms with van der Waals surface area (Å²) < 4.78 is 18.6. The molecule has 0 amide bonds.